The van der Waals surface area contributed by atoms with Crippen LogP contribution >= 0.6 is 0 Å². The van der Waals surface area contributed by atoms with E-state index < -0.39 is 11.4 Å². The maximum atomic E-state index is 13.2. The minimum atomic E-state index is -0.472. The summed E-state index contributed by atoms with van der Waals surface area (Å²) < 4.78 is 24.6. The highest BCUT2D eigenvalue weighted by atomic mass is 19.1. The number of ether oxygens (including phenoxy) is 1. The summed E-state index contributed by atoms with van der Waals surface area (Å²) in [5.74, 6) is -0.0360. The number of nitrogens with one attached hydrogen (secondary N) is 1. The Balaban J connectivity index is 1.53. The summed E-state index contributed by atoms with van der Waals surface area (Å²) in [7, 11) is 1.58. The van der Waals surface area contributed by atoms with E-state index in [1.54, 1.807) is 19.2 Å². The zero-order chi connectivity index (χ0) is 21.1. The zero-order valence-electron chi connectivity index (χ0n) is 16.0. The van der Waals surface area contributed by atoms with Crippen LogP contribution in [0, 0.1) is 5.82 Å². The molecule has 0 aliphatic heterocycles. The predicted octanol–water partition coefficient (Wildman–Crippen LogP) is 2.52. The predicted molar refractivity (Wildman–Crippen MR) is 106 cm³/mol. The number of amides is 1. The van der Waals surface area contributed by atoms with Crippen LogP contribution in [0.3, 0.4) is 0 Å². The van der Waals surface area contributed by atoms with E-state index in [0.717, 1.165) is 11.3 Å². The number of nitrogens with zero attached hydrogens (tertiary/aromatic N) is 3. The average Bonchev–Trinajstić information content (AvgIpc) is 3.20. The van der Waals surface area contributed by atoms with Gasteiger partial charge in [-0.05, 0) is 42.0 Å². The molecule has 0 spiro atoms. The maximum Gasteiger partial charge on any atom is 0.267 e. The lowest BCUT2D eigenvalue weighted by Crippen LogP contribution is -2.32. The molecule has 4 aromatic rings. The van der Waals surface area contributed by atoms with Crippen molar-refractivity contribution >= 4 is 17.0 Å². The van der Waals surface area contributed by atoms with Gasteiger partial charge in [0.25, 0.3) is 11.3 Å². The summed E-state index contributed by atoms with van der Waals surface area (Å²) in [4.78, 5) is 29.3. The monoisotopic (exact) mass is 408 g/mol. The Morgan fingerprint density at radius 2 is 1.90 bits per heavy atom. The molecule has 8 nitrogen and oxygen atoms in total. The first kappa shape index (κ1) is 19.3. The van der Waals surface area contributed by atoms with Crippen molar-refractivity contribution in [3.63, 3.8) is 0 Å². The molecule has 1 amide bonds. The van der Waals surface area contributed by atoms with Gasteiger partial charge in [0.1, 0.15) is 35.5 Å². The number of rotatable bonds is 6. The number of hydrogen-bond acceptors (Lipinski definition) is 6. The molecule has 0 aliphatic carbocycles. The van der Waals surface area contributed by atoms with Crippen LogP contribution in [0.15, 0.2) is 64.2 Å². The number of methoxy groups -OCH3 is 1. The SMILES string of the molecule is COc1ccc(CNC(=O)Cn2cnc3onc(-c4ccc(F)cc4)c3c2=O)cc1. The highest BCUT2D eigenvalue weighted by molar-refractivity contribution is 5.88. The molecule has 2 aromatic heterocycles. The number of fused-ring (bicyclic) bond motifs is 1. The van der Waals surface area contributed by atoms with Crippen LogP contribution in [-0.2, 0) is 17.9 Å². The average molecular weight is 408 g/mol. The Labute approximate surface area is 169 Å². The lowest BCUT2D eigenvalue weighted by atomic mass is 10.1. The molecule has 0 unspecified atom stereocenters. The number of benzene rings is 2. The quantitative estimate of drug-likeness (QED) is 0.526. The Morgan fingerprint density at radius 1 is 1.17 bits per heavy atom. The molecule has 0 fully saturated rings. The first-order valence-electron chi connectivity index (χ1n) is 9.05. The van der Waals surface area contributed by atoms with Crippen LogP contribution in [-0.4, -0.2) is 27.7 Å². The highest BCUT2D eigenvalue weighted by Crippen LogP contribution is 2.24. The number of aromatic nitrogens is 3. The number of carbonyl (C=O) groups excluding carboxylic acids is 1. The van der Waals surface area contributed by atoms with Crippen molar-refractivity contribution < 1.29 is 18.4 Å². The third-order valence-electron chi connectivity index (χ3n) is 4.54. The maximum absolute atomic E-state index is 13.2. The van der Waals surface area contributed by atoms with Gasteiger partial charge in [-0.1, -0.05) is 17.3 Å². The van der Waals surface area contributed by atoms with Crippen molar-refractivity contribution in [1.82, 2.24) is 20.0 Å². The van der Waals surface area contributed by atoms with Gasteiger partial charge < -0.3 is 14.6 Å². The van der Waals surface area contributed by atoms with Crippen molar-refractivity contribution in [3.05, 3.63) is 76.6 Å². The first-order valence-corrected chi connectivity index (χ1v) is 9.05. The summed E-state index contributed by atoms with van der Waals surface area (Å²) >= 11 is 0. The minimum absolute atomic E-state index is 0.0502. The first-order chi connectivity index (χ1) is 14.5. The van der Waals surface area contributed by atoms with E-state index in [0.29, 0.717) is 12.1 Å². The fraction of sp³-hybridized carbons (Fsp3) is 0.143. The van der Waals surface area contributed by atoms with Crippen LogP contribution in [0.25, 0.3) is 22.4 Å². The second-order valence-electron chi connectivity index (χ2n) is 6.52. The third kappa shape index (κ3) is 3.90. The molecule has 0 saturated carbocycles. The summed E-state index contributed by atoms with van der Waals surface area (Å²) in [6.45, 7) is 0.0906. The summed E-state index contributed by atoms with van der Waals surface area (Å²) in [5, 5.41) is 6.77. The molecule has 4 rings (SSSR count). The topological polar surface area (TPSA) is 99.2 Å². The van der Waals surface area contributed by atoms with Crippen molar-refractivity contribution in [2.75, 3.05) is 7.11 Å². The molecule has 9 heteroatoms. The molecule has 0 saturated heterocycles. The third-order valence-corrected chi connectivity index (χ3v) is 4.54. The summed E-state index contributed by atoms with van der Waals surface area (Å²) in [6, 6.07) is 12.8. The molecule has 152 valence electrons. The van der Waals surface area contributed by atoms with E-state index in [4.69, 9.17) is 9.26 Å². The number of halogens is 1. The lowest BCUT2D eigenvalue weighted by molar-refractivity contribution is -0.121. The van der Waals surface area contributed by atoms with E-state index in [2.05, 4.69) is 15.5 Å². The molecule has 0 radical (unpaired) electrons. The molecule has 1 N–H and O–H groups in total. The molecule has 2 aromatic carbocycles. The molecular weight excluding hydrogens is 391 g/mol. The molecule has 0 aliphatic rings. The Bertz CT molecular complexity index is 1250. The van der Waals surface area contributed by atoms with E-state index >= 15 is 0 Å². The van der Waals surface area contributed by atoms with Crippen LogP contribution in [0.2, 0.25) is 0 Å². The van der Waals surface area contributed by atoms with Gasteiger partial charge in [0, 0.05) is 12.1 Å². The second-order valence-corrected chi connectivity index (χ2v) is 6.52. The van der Waals surface area contributed by atoms with Crippen molar-refractivity contribution in [2.24, 2.45) is 0 Å². The van der Waals surface area contributed by atoms with Gasteiger partial charge in [-0.15, -0.1) is 0 Å². The Kier molecular flexibility index (Phi) is 5.25. The normalized spacial score (nSPS) is 10.9. The zero-order valence-corrected chi connectivity index (χ0v) is 16.0. The smallest absolute Gasteiger partial charge is 0.267 e. The molecular formula is C21H17FN4O4. The van der Waals surface area contributed by atoms with Crippen LogP contribution in [0.5, 0.6) is 5.75 Å². The fourth-order valence-corrected chi connectivity index (χ4v) is 2.95. The van der Waals surface area contributed by atoms with Gasteiger partial charge in [0.2, 0.25) is 5.91 Å². The molecule has 0 atom stereocenters. The second kappa shape index (κ2) is 8.16. The van der Waals surface area contributed by atoms with Crippen LogP contribution in [0.1, 0.15) is 5.56 Å². The van der Waals surface area contributed by atoms with E-state index in [1.165, 1.54) is 35.2 Å². The molecule has 30 heavy (non-hydrogen) atoms. The fourth-order valence-electron chi connectivity index (χ4n) is 2.95. The van der Waals surface area contributed by atoms with Gasteiger partial charge in [-0.3, -0.25) is 14.2 Å². The Morgan fingerprint density at radius 3 is 2.60 bits per heavy atom. The summed E-state index contributed by atoms with van der Waals surface area (Å²) in [5.41, 5.74) is 1.23. The molecule has 0 bridgehead atoms. The van der Waals surface area contributed by atoms with Crippen molar-refractivity contribution in [2.45, 2.75) is 13.1 Å². The van der Waals surface area contributed by atoms with Crippen LogP contribution in [0.4, 0.5) is 4.39 Å². The number of hydrogen-bond donors (Lipinski definition) is 1. The standard InChI is InChI=1S/C21H17FN4O4/c1-29-16-8-2-13(3-9-16)10-23-17(27)11-26-12-24-20-18(21(26)28)19(25-30-20)14-4-6-15(22)7-5-14/h2-9,12H,10-11H2,1H3,(H,23,27). The van der Waals surface area contributed by atoms with Crippen LogP contribution < -0.4 is 15.6 Å². The van der Waals surface area contributed by atoms with Gasteiger partial charge >= 0.3 is 0 Å². The van der Waals surface area contributed by atoms with Gasteiger partial charge in [-0.2, -0.15) is 0 Å². The highest BCUT2D eigenvalue weighted by Gasteiger charge is 2.18. The van der Waals surface area contributed by atoms with Gasteiger partial charge in [0.15, 0.2) is 0 Å². The van der Waals surface area contributed by atoms with E-state index in [1.807, 2.05) is 12.1 Å². The lowest BCUT2D eigenvalue weighted by Gasteiger charge is -2.08. The summed E-state index contributed by atoms with van der Waals surface area (Å²) in [6.07, 6.45) is 1.23. The molecule has 2 heterocycles. The van der Waals surface area contributed by atoms with Crippen molar-refractivity contribution in [1.29, 1.82) is 0 Å². The Hall–Kier alpha value is -4.01. The van der Waals surface area contributed by atoms with E-state index in [9.17, 15) is 14.0 Å². The van der Waals surface area contributed by atoms with E-state index in [-0.39, 0.29) is 29.2 Å². The van der Waals surface area contributed by atoms with Gasteiger partial charge in [-0.25, -0.2) is 9.37 Å². The van der Waals surface area contributed by atoms with Gasteiger partial charge in [0.05, 0.1) is 7.11 Å². The minimum Gasteiger partial charge on any atom is -0.497 e. The number of carbonyl (C=O) groups is 1. The van der Waals surface area contributed by atoms with Crippen molar-refractivity contribution in [3.8, 4) is 17.0 Å². The largest absolute Gasteiger partial charge is 0.497 e.